The molecule has 0 fully saturated rings. The maximum absolute atomic E-state index is 12.5. The van der Waals surface area contributed by atoms with Crippen LogP contribution in [0.4, 0.5) is 0 Å². The molecule has 4 heteroatoms. The number of carbonyl (C=O) groups excluding carboxylic acids is 2. The summed E-state index contributed by atoms with van der Waals surface area (Å²) in [6.07, 6.45) is 0. The summed E-state index contributed by atoms with van der Waals surface area (Å²) in [6, 6.07) is 14.4. The lowest BCUT2D eigenvalue weighted by Crippen LogP contribution is -2.42. The van der Waals surface area contributed by atoms with Crippen molar-refractivity contribution in [2.45, 2.75) is 46.0 Å². The maximum atomic E-state index is 12.5. The molecule has 0 aliphatic carbocycles. The minimum atomic E-state index is -0.515. The number of benzene rings is 2. The molecule has 0 atom stereocenters. The Kier molecular flexibility index (Phi) is 5.43. The molecule has 2 amide bonds. The summed E-state index contributed by atoms with van der Waals surface area (Å²) in [5.74, 6) is 5.13. The fourth-order valence-corrected chi connectivity index (χ4v) is 2.49. The van der Waals surface area contributed by atoms with E-state index >= 15 is 0 Å². The Bertz CT molecular complexity index is 754. The number of nitrogens with zero attached hydrogens (tertiary/aromatic N) is 1. The van der Waals surface area contributed by atoms with Gasteiger partial charge in [0.1, 0.15) is 0 Å². The Morgan fingerprint density at radius 3 is 1.60 bits per heavy atom. The van der Waals surface area contributed by atoms with Crippen molar-refractivity contribution in [1.29, 1.82) is 0 Å². The first-order valence-corrected chi connectivity index (χ1v) is 8.45. The summed E-state index contributed by atoms with van der Waals surface area (Å²) in [5.41, 5.74) is 3.03. The van der Waals surface area contributed by atoms with Gasteiger partial charge in [0.15, 0.2) is 0 Å². The fraction of sp³-hybridized carbons (Fsp3) is 0.333. The molecule has 0 saturated carbocycles. The Hall–Kier alpha value is -2.46. The quantitative estimate of drug-likeness (QED) is 0.393. The second-order valence-corrected chi connectivity index (χ2v) is 7.58. The van der Waals surface area contributed by atoms with Gasteiger partial charge in [-0.05, 0) is 46.7 Å². The second kappa shape index (κ2) is 7.19. The molecule has 132 valence electrons. The number of hydrogen-bond donors (Lipinski definition) is 1. The van der Waals surface area contributed by atoms with Crippen molar-refractivity contribution in [1.82, 2.24) is 5.01 Å². The molecule has 0 unspecified atom stereocenters. The highest BCUT2D eigenvalue weighted by molar-refractivity contribution is 6.09. The number of hydrogen-bond acceptors (Lipinski definition) is 3. The van der Waals surface area contributed by atoms with Crippen LogP contribution in [0.2, 0.25) is 0 Å². The van der Waals surface area contributed by atoms with E-state index in [4.69, 9.17) is 5.84 Å². The molecule has 4 nitrogen and oxygen atoms in total. The van der Waals surface area contributed by atoms with Crippen LogP contribution < -0.4 is 5.84 Å². The summed E-state index contributed by atoms with van der Waals surface area (Å²) < 4.78 is 0. The van der Waals surface area contributed by atoms with Crippen LogP contribution in [0.15, 0.2) is 48.5 Å². The summed E-state index contributed by atoms with van der Waals surface area (Å²) >= 11 is 0. The Morgan fingerprint density at radius 1 is 0.840 bits per heavy atom. The monoisotopic (exact) mass is 338 g/mol. The molecule has 2 aromatic carbocycles. The first kappa shape index (κ1) is 18.9. The predicted octanol–water partition coefficient (Wildman–Crippen LogP) is 4.26. The maximum Gasteiger partial charge on any atom is 0.275 e. The van der Waals surface area contributed by atoms with Crippen LogP contribution in [0.1, 0.15) is 72.4 Å². The summed E-state index contributed by atoms with van der Waals surface area (Å²) in [6.45, 7) is 10.5. The molecule has 2 rings (SSSR count). The van der Waals surface area contributed by atoms with Crippen LogP contribution in [0.5, 0.6) is 0 Å². The van der Waals surface area contributed by atoms with E-state index in [1.54, 1.807) is 24.3 Å². The third-order valence-corrected chi connectivity index (χ3v) is 4.26. The molecule has 0 aromatic heterocycles. The molecule has 0 heterocycles. The van der Waals surface area contributed by atoms with Crippen molar-refractivity contribution in [3.8, 4) is 0 Å². The Balaban J connectivity index is 2.17. The van der Waals surface area contributed by atoms with E-state index < -0.39 is 11.8 Å². The van der Waals surface area contributed by atoms with Gasteiger partial charge in [-0.3, -0.25) is 9.59 Å². The number of nitrogens with two attached hydrogens (primary N) is 1. The highest BCUT2D eigenvalue weighted by Crippen LogP contribution is 2.22. The highest BCUT2D eigenvalue weighted by Gasteiger charge is 2.22. The van der Waals surface area contributed by atoms with Gasteiger partial charge in [0, 0.05) is 11.1 Å². The molecule has 0 radical (unpaired) electrons. The third-order valence-electron chi connectivity index (χ3n) is 4.26. The number of imide groups is 1. The molecule has 0 saturated heterocycles. The second-order valence-electron chi connectivity index (χ2n) is 7.58. The van der Waals surface area contributed by atoms with Crippen LogP contribution in [0.25, 0.3) is 0 Å². The van der Waals surface area contributed by atoms with Crippen molar-refractivity contribution in [3.63, 3.8) is 0 Å². The number of amides is 2. The standard InChI is InChI=1S/C21H26N2O2/c1-14(2)15-6-8-16(9-7-15)19(24)23(22)20(25)17-10-12-18(13-11-17)21(3,4)5/h6-14H,22H2,1-5H3. The molecular weight excluding hydrogens is 312 g/mol. The van der Waals surface area contributed by atoms with E-state index in [2.05, 4.69) is 34.6 Å². The zero-order valence-corrected chi connectivity index (χ0v) is 15.5. The molecule has 2 aromatic rings. The van der Waals surface area contributed by atoms with Gasteiger partial charge in [-0.25, -0.2) is 10.9 Å². The molecule has 0 aliphatic rings. The van der Waals surface area contributed by atoms with E-state index in [1.165, 1.54) is 0 Å². The van der Waals surface area contributed by atoms with Gasteiger partial charge in [-0.1, -0.05) is 58.9 Å². The molecule has 0 bridgehead atoms. The van der Waals surface area contributed by atoms with E-state index in [0.29, 0.717) is 22.1 Å². The van der Waals surface area contributed by atoms with Gasteiger partial charge in [-0.15, -0.1) is 0 Å². The lowest BCUT2D eigenvalue weighted by Gasteiger charge is -2.20. The summed E-state index contributed by atoms with van der Waals surface area (Å²) in [5, 5.41) is 0.677. The normalized spacial score (nSPS) is 11.5. The third kappa shape index (κ3) is 4.34. The average molecular weight is 338 g/mol. The Morgan fingerprint density at radius 2 is 1.24 bits per heavy atom. The largest absolute Gasteiger partial charge is 0.275 e. The van der Waals surface area contributed by atoms with Gasteiger partial charge < -0.3 is 0 Å². The van der Waals surface area contributed by atoms with Crippen molar-refractivity contribution >= 4 is 11.8 Å². The van der Waals surface area contributed by atoms with Gasteiger partial charge in [0.25, 0.3) is 11.8 Å². The van der Waals surface area contributed by atoms with Crippen LogP contribution in [0, 0.1) is 0 Å². The summed E-state index contributed by atoms with van der Waals surface area (Å²) in [4.78, 5) is 24.9. The summed E-state index contributed by atoms with van der Waals surface area (Å²) in [7, 11) is 0. The molecule has 0 spiro atoms. The molecular formula is C21H26N2O2. The van der Waals surface area contributed by atoms with Crippen molar-refractivity contribution in [2.24, 2.45) is 5.84 Å². The average Bonchev–Trinajstić information content (AvgIpc) is 2.59. The fourth-order valence-electron chi connectivity index (χ4n) is 2.49. The number of rotatable bonds is 3. The van der Waals surface area contributed by atoms with Crippen LogP contribution in [0.3, 0.4) is 0 Å². The molecule has 0 aliphatic heterocycles. The SMILES string of the molecule is CC(C)c1ccc(C(=O)N(N)C(=O)c2ccc(C(C)(C)C)cc2)cc1. The van der Waals surface area contributed by atoms with Crippen LogP contribution in [-0.2, 0) is 5.41 Å². The van der Waals surface area contributed by atoms with Gasteiger partial charge in [0.2, 0.25) is 0 Å². The van der Waals surface area contributed by atoms with Crippen LogP contribution >= 0.6 is 0 Å². The van der Waals surface area contributed by atoms with Crippen LogP contribution in [-0.4, -0.2) is 16.8 Å². The van der Waals surface area contributed by atoms with Gasteiger partial charge in [-0.2, -0.15) is 0 Å². The molecule has 2 N–H and O–H groups in total. The van der Waals surface area contributed by atoms with E-state index in [1.807, 2.05) is 24.3 Å². The van der Waals surface area contributed by atoms with Crippen molar-refractivity contribution < 1.29 is 9.59 Å². The zero-order valence-electron chi connectivity index (χ0n) is 15.5. The first-order chi connectivity index (χ1) is 11.6. The van der Waals surface area contributed by atoms with Crippen molar-refractivity contribution in [3.05, 3.63) is 70.8 Å². The number of carbonyl (C=O) groups is 2. The predicted molar refractivity (Wildman–Crippen MR) is 100 cm³/mol. The number of hydrazine groups is 1. The zero-order chi connectivity index (χ0) is 18.8. The highest BCUT2D eigenvalue weighted by atomic mass is 16.2. The van der Waals surface area contributed by atoms with E-state index in [9.17, 15) is 9.59 Å². The topological polar surface area (TPSA) is 63.4 Å². The molecule has 25 heavy (non-hydrogen) atoms. The van der Waals surface area contributed by atoms with E-state index in [-0.39, 0.29) is 5.41 Å². The minimum Gasteiger partial charge on any atom is -0.267 e. The smallest absolute Gasteiger partial charge is 0.267 e. The van der Waals surface area contributed by atoms with Gasteiger partial charge >= 0.3 is 0 Å². The Labute approximate surface area is 149 Å². The van der Waals surface area contributed by atoms with E-state index in [0.717, 1.165) is 11.1 Å². The minimum absolute atomic E-state index is 0.00202. The lowest BCUT2D eigenvalue weighted by molar-refractivity contribution is 0.0615. The van der Waals surface area contributed by atoms with Gasteiger partial charge in [0.05, 0.1) is 0 Å². The lowest BCUT2D eigenvalue weighted by atomic mass is 9.86. The first-order valence-electron chi connectivity index (χ1n) is 8.45. The van der Waals surface area contributed by atoms with Crippen molar-refractivity contribution in [2.75, 3.05) is 0 Å².